The van der Waals surface area contributed by atoms with Gasteiger partial charge in [0.05, 0.1) is 12.7 Å². The smallest absolute Gasteiger partial charge is 0.0716 e. The molecule has 0 saturated carbocycles. The topological polar surface area (TPSA) is 21.3 Å². The van der Waals surface area contributed by atoms with E-state index < -0.39 is 0 Å². The molecule has 2 unspecified atom stereocenters. The molecule has 4 heteroatoms. The first kappa shape index (κ1) is 9.50. The van der Waals surface area contributed by atoms with Crippen molar-refractivity contribution in [3.63, 3.8) is 0 Å². The standard InChI is InChI=1S/C5H9NO.2ClH/c1-4-3-7-5(1)2-6-4;;/h4-6H,1-3H2;2*1H. The van der Waals surface area contributed by atoms with Crippen molar-refractivity contribution in [1.29, 1.82) is 0 Å². The monoisotopic (exact) mass is 171 g/mol. The van der Waals surface area contributed by atoms with Crippen molar-refractivity contribution < 1.29 is 4.74 Å². The summed E-state index contributed by atoms with van der Waals surface area (Å²) in [6, 6.07) is 0.699. The van der Waals surface area contributed by atoms with Crippen LogP contribution in [0.25, 0.3) is 0 Å². The largest absolute Gasteiger partial charge is 0.375 e. The van der Waals surface area contributed by atoms with E-state index in [0.29, 0.717) is 12.1 Å². The van der Waals surface area contributed by atoms with Crippen molar-refractivity contribution in [3.8, 4) is 0 Å². The second-order valence-corrected chi connectivity index (χ2v) is 2.30. The Balaban J connectivity index is 0.000000320. The Labute approximate surface area is 67.2 Å². The van der Waals surface area contributed by atoms with Crippen LogP contribution in [0.2, 0.25) is 0 Å². The van der Waals surface area contributed by atoms with E-state index in [-0.39, 0.29) is 24.8 Å². The van der Waals surface area contributed by atoms with Crippen LogP contribution in [-0.4, -0.2) is 25.3 Å². The van der Waals surface area contributed by atoms with E-state index in [0.717, 1.165) is 13.2 Å². The third-order valence-electron chi connectivity index (χ3n) is 1.71. The van der Waals surface area contributed by atoms with Gasteiger partial charge in [-0.15, -0.1) is 24.8 Å². The number of hydrogen-bond acceptors (Lipinski definition) is 2. The zero-order valence-corrected chi connectivity index (χ0v) is 6.63. The molecule has 0 spiro atoms. The number of ether oxygens (including phenoxy) is 1. The van der Waals surface area contributed by atoms with Crippen LogP contribution in [0.15, 0.2) is 0 Å². The predicted octanol–water partition coefficient (Wildman–Crippen LogP) is 0.591. The van der Waals surface area contributed by atoms with Crippen LogP contribution in [0.1, 0.15) is 6.42 Å². The Hall–Kier alpha value is 0.500. The minimum absolute atomic E-state index is 0. The number of rotatable bonds is 0. The molecule has 2 saturated heterocycles. The van der Waals surface area contributed by atoms with Crippen LogP contribution in [0.5, 0.6) is 0 Å². The van der Waals surface area contributed by atoms with Crippen molar-refractivity contribution >= 4 is 24.8 Å². The molecule has 1 N–H and O–H groups in total. The van der Waals surface area contributed by atoms with Crippen LogP contribution < -0.4 is 5.32 Å². The molecule has 2 atom stereocenters. The normalized spacial score (nSPS) is 37.3. The van der Waals surface area contributed by atoms with Gasteiger partial charge in [0.15, 0.2) is 0 Å². The van der Waals surface area contributed by atoms with E-state index in [4.69, 9.17) is 4.74 Å². The minimum Gasteiger partial charge on any atom is -0.375 e. The van der Waals surface area contributed by atoms with E-state index in [9.17, 15) is 0 Å². The number of fused-ring (bicyclic) bond motifs is 2. The van der Waals surface area contributed by atoms with Gasteiger partial charge in [0.25, 0.3) is 0 Å². The van der Waals surface area contributed by atoms with Gasteiger partial charge in [-0.25, -0.2) is 0 Å². The van der Waals surface area contributed by atoms with Gasteiger partial charge in [-0.2, -0.15) is 0 Å². The second kappa shape index (κ2) is 3.62. The van der Waals surface area contributed by atoms with E-state index in [1.54, 1.807) is 0 Å². The van der Waals surface area contributed by atoms with Crippen molar-refractivity contribution in [1.82, 2.24) is 5.32 Å². The van der Waals surface area contributed by atoms with Crippen molar-refractivity contribution in [2.45, 2.75) is 18.6 Å². The minimum atomic E-state index is 0. The van der Waals surface area contributed by atoms with Gasteiger partial charge in [-0.3, -0.25) is 0 Å². The predicted molar refractivity (Wildman–Crippen MR) is 40.6 cm³/mol. The summed E-state index contributed by atoms with van der Waals surface area (Å²) in [6.45, 7) is 2.04. The molecular weight excluding hydrogens is 161 g/mol. The molecule has 2 rings (SSSR count). The Morgan fingerprint density at radius 3 is 2.22 bits per heavy atom. The van der Waals surface area contributed by atoms with Crippen LogP contribution in [0.3, 0.4) is 0 Å². The zero-order chi connectivity index (χ0) is 4.69. The third kappa shape index (κ3) is 1.71. The van der Waals surface area contributed by atoms with E-state index in [2.05, 4.69) is 5.32 Å². The fourth-order valence-corrected chi connectivity index (χ4v) is 1.29. The average Bonchev–Trinajstić information content (AvgIpc) is 2.22. The maximum absolute atomic E-state index is 5.29. The molecule has 0 amide bonds. The second-order valence-electron chi connectivity index (χ2n) is 2.30. The molecule has 2 heterocycles. The first-order valence-corrected chi connectivity index (χ1v) is 2.80. The van der Waals surface area contributed by atoms with E-state index >= 15 is 0 Å². The van der Waals surface area contributed by atoms with Crippen LogP contribution >= 0.6 is 24.8 Å². The highest BCUT2D eigenvalue weighted by Crippen LogP contribution is 2.17. The number of nitrogens with one attached hydrogen (secondary N) is 1. The van der Waals surface area contributed by atoms with Crippen molar-refractivity contribution in [2.75, 3.05) is 13.2 Å². The summed E-state index contributed by atoms with van der Waals surface area (Å²) in [5.74, 6) is 0. The first-order valence-electron chi connectivity index (χ1n) is 2.80. The lowest BCUT2D eigenvalue weighted by molar-refractivity contribution is 0.0892. The summed E-state index contributed by atoms with van der Waals surface area (Å²) in [4.78, 5) is 0. The Kier molecular flexibility index (Phi) is 3.82. The number of hydrogen-bond donors (Lipinski definition) is 1. The zero-order valence-electron chi connectivity index (χ0n) is 5.00. The van der Waals surface area contributed by atoms with Crippen molar-refractivity contribution in [3.05, 3.63) is 0 Å². The Bertz CT molecular complexity index is 73.0. The van der Waals surface area contributed by atoms with Gasteiger partial charge < -0.3 is 10.1 Å². The SMILES string of the molecule is C1OC2CNC1C2.Cl.Cl. The number of morpholine rings is 1. The fourth-order valence-electron chi connectivity index (χ4n) is 1.29. The summed E-state index contributed by atoms with van der Waals surface area (Å²) in [7, 11) is 0. The van der Waals surface area contributed by atoms with Gasteiger partial charge in [0.2, 0.25) is 0 Å². The summed E-state index contributed by atoms with van der Waals surface area (Å²) < 4.78 is 5.29. The molecule has 2 aliphatic heterocycles. The van der Waals surface area contributed by atoms with Gasteiger partial charge in [0.1, 0.15) is 0 Å². The van der Waals surface area contributed by atoms with Crippen LogP contribution in [-0.2, 0) is 4.74 Å². The van der Waals surface area contributed by atoms with Gasteiger partial charge in [0, 0.05) is 12.6 Å². The molecule has 2 nitrogen and oxygen atoms in total. The van der Waals surface area contributed by atoms with Gasteiger partial charge in [-0.1, -0.05) is 0 Å². The maximum atomic E-state index is 5.29. The molecule has 0 aromatic carbocycles. The van der Waals surface area contributed by atoms with Crippen LogP contribution in [0.4, 0.5) is 0 Å². The van der Waals surface area contributed by atoms with Crippen molar-refractivity contribution in [2.24, 2.45) is 0 Å². The van der Waals surface area contributed by atoms with Crippen LogP contribution in [0, 0.1) is 0 Å². The van der Waals surface area contributed by atoms with E-state index in [1.807, 2.05) is 0 Å². The Morgan fingerprint density at radius 1 is 1.33 bits per heavy atom. The summed E-state index contributed by atoms with van der Waals surface area (Å²) in [6.07, 6.45) is 1.81. The van der Waals surface area contributed by atoms with Gasteiger partial charge in [-0.05, 0) is 6.42 Å². The molecule has 9 heavy (non-hydrogen) atoms. The number of halogens is 2. The third-order valence-corrected chi connectivity index (χ3v) is 1.71. The average molecular weight is 172 g/mol. The molecule has 0 aromatic rings. The molecular formula is C5H11Cl2NO. The molecule has 0 radical (unpaired) electrons. The van der Waals surface area contributed by atoms with Gasteiger partial charge >= 0.3 is 0 Å². The Morgan fingerprint density at radius 2 is 2.11 bits per heavy atom. The first-order chi connectivity index (χ1) is 3.45. The summed E-state index contributed by atoms with van der Waals surface area (Å²) >= 11 is 0. The summed E-state index contributed by atoms with van der Waals surface area (Å²) in [5.41, 5.74) is 0. The fraction of sp³-hybridized carbons (Fsp3) is 1.00. The molecule has 56 valence electrons. The lowest BCUT2D eigenvalue weighted by Crippen LogP contribution is -2.30. The maximum Gasteiger partial charge on any atom is 0.0716 e. The lowest BCUT2D eigenvalue weighted by atomic mass is 10.3. The van der Waals surface area contributed by atoms with E-state index in [1.165, 1.54) is 6.42 Å². The highest BCUT2D eigenvalue weighted by molar-refractivity contribution is 5.85. The molecule has 2 aliphatic rings. The molecule has 2 fully saturated rings. The molecule has 0 aliphatic carbocycles. The molecule has 0 aromatic heterocycles. The summed E-state index contributed by atoms with van der Waals surface area (Å²) in [5, 5.41) is 3.33. The molecule has 2 bridgehead atoms. The lowest BCUT2D eigenvalue weighted by Gasteiger charge is -2.09. The highest BCUT2D eigenvalue weighted by Gasteiger charge is 2.31. The highest BCUT2D eigenvalue weighted by atomic mass is 35.5. The quantitative estimate of drug-likeness (QED) is 0.577.